The maximum atomic E-state index is 5.48. The van der Waals surface area contributed by atoms with Crippen LogP contribution in [0.1, 0.15) is 40.5 Å². The second-order valence-corrected chi connectivity index (χ2v) is 6.99. The fourth-order valence-corrected chi connectivity index (χ4v) is 2.76. The predicted octanol–water partition coefficient (Wildman–Crippen LogP) is 1.94. The summed E-state index contributed by atoms with van der Waals surface area (Å²) in [6, 6.07) is 0.549. The highest BCUT2D eigenvalue weighted by Gasteiger charge is 2.22. The average molecular weight is 313 g/mol. The zero-order chi connectivity index (χ0) is 16.4. The number of ether oxygens (including phenoxy) is 1. The molecule has 130 valence electrons. The molecular formula is C17H36N4O. The van der Waals surface area contributed by atoms with Gasteiger partial charge < -0.3 is 15.4 Å². The molecular weight excluding hydrogens is 276 g/mol. The molecule has 1 rings (SSSR count). The molecule has 0 aromatic rings. The van der Waals surface area contributed by atoms with E-state index in [4.69, 9.17) is 4.74 Å². The first kappa shape index (κ1) is 19.2. The Morgan fingerprint density at radius 2 is 1.77 bits per heavy atom. The van der Waals surface area contributed by atoms with Crippen LogP contribution >= 0.6 is 0 Å². The third-order valence-electron chi connectivity index (χ3n) is 4.05. The molecule has 1 aliphatic rings. The standard InChI is InChI=1S/C17H36N4O/c1-14(2)6-7-19-17(18-5)20-13-16(12-15(3)4)21-8-10-22-11-9-21/h14-16H,6-13H2,1-5H3,(H2,18,19,20). The molecule has 1 fully saturated rings. The summed E-state index contributed by atoms with van der Waals surface area (Å²) in [5, 5.41) is 6.91. The molecule has 22 heavy (non-hydrogen) atoms. The second-order valence-electron chi connectivity index (χ2n) is 6.99. The van der Waals surface area contributed by atoms with Crippen LogP contribution in [0.25, 0.3) is 0 Å². The van der Waals surface area contributed by atoms with Crippen LogP contribution in [0.4, 0.5) is 0 Å². The summed E-state index contributed by atoms with van der Waals surface area (Å²) in [6.45, 7) is 14.8. The van der Waals surface area contributed by atoms with E-state index in [-0.39, 0.29) is 0 Å². The summed E-state index contributed by atoms with van der Waals surface area (Å²) in [6.07, 6.45) is 2.37. The van der Waals surface area contributed by atoms with Crippen molar-refractivity contribution in [1.82, 2.24) is 15.5 Å². The van der Waals surface area contributed by atoms with E-state index in [0.717, 1.165) is 45.4 Å². The first-order chi connectivity index (χ1) is 10.5. The van der Waals surface area contributed by atoms with E-state index >= 15 is 0 Å². The van der Waals surface area contributed by atoms with Gasteiger partial charge in [0.1, 0.15) is 0 Å². The third-order valence-corrected chi connectivity index (χ3v) is 4.05. The van der Waals surface area contributed by atoms with Crippen LogP contribution in [0.3, 0.4) is 0 Å². The van der Waals surface area contributed by atoms with E-state index in [2.05, 4.69) is 48.2 Å². The number of nitrogens with zero attached hydrogens (tertiary/aromatic N) is 2. The minimum absolute atomic E-state index is 0.549. The van der Waals surface area contributed by atoms with Crippen LogP contribution in [0.5, 0.6) is 0 Å². The third kappa shape index (κ3) is 7.99. The molecule has 2 N–H and O–H groups in total. The molecule has 1 aliphatic heterocycles. The molecule has 1 atom stereocenters. The van der Waals surface area contributed by atoms with Gasteiger partial charge in [-0.1, -0.05) is 27.7 Å². The lowest BCUT2D eigenvalue weighted by molar-refractivity contribution is 0.0132. The molecule has 0 bridgehead atoms. The van der Waals surface area contributed by atoms with Gasteiger partial charge in [-0.2, -0.15) is 0 Å². The highest BCUT2D eigenvalue weighted by atomic mass is 16.5. The molecule has 5 heteroatoms. The van der Waals surface area contributed by atoms with Gasteiger partial charge in [0.25, 0.3) is 0 Å². The fourth-order valence-electron chi connectivity index (χ4n) is 2.76. The van der Waals surface area contributed by atoms with E-state index in [0.29, 0.717) is 17.9 Å². The van der Waals surface area contributed by atoms with Crippen LogP contribution in [-0.2, 0) is 4.74 Å². The molecule has 1 heterocycles. The van der Waals surface area contributed by atoms with Gasteiger partial charge in [0.2, 0.25) is 0 Å². The number of aliphatic imine (C=N–C) groups is 1. The molecule has 0 aromatic heterocycles. The molecule has 0 radical (unpaired) electrons. The van der Waals surface area contributed by atoms with Gasteiger partial charge in [0.15, 0.2) is 5.96 Å². The highest BCUT2D eigenvalue weighted by Crippen LogP contribution is 2.12. The van der Waals surface area contributed by atoms with Crippen molar-refractivity contribution in [3.05, 3.63) is 0 Å². The van der Waals surface area contributed by atoms with Crippen LogP contribution in [-0.4, -0.2) is 63.3 Å². The minimum atomic E-state index is 0.549. The SMILES string of the molecule is CN=C(NCCC(C)C)NCC(CC(C)C)N1CCOCC1. The Morgan fingerprint density at radius 3 is 2.32 bits per heavy atom. The maximum absolute atomic E-state index is 5.48. The normalized spacial score (nSPS) is 18.8. The molecule has 0 aliphatic carbocycles. The number of hydrogen-bond donors (Lipinski definition) is 2. The van der Waals surface area contributed by atoms with E-state index < -0.39 is 0 Å². The molecule has 0 aromatic carbocycles. The van der Waals surface area contributed by atoms with Gasteiger partial charge in [0, 0.05) is 39.3 Å². The smallest absolute Gasteiger partial charge is 0.191 e. The molecule has 5 nitrogen and oxygen atoms in total. The van der Waals surface area contributed by atoms with Crippen molar-refractivity contribution < 1.29 is 4.74 Å². The second kappa shape index (κ2) is 10.8. The first-order valence-electron chi connectivity index (χ1n) is 8.79. The number of morpholine rings is 1. The van der Waals surface area contributed by atoms with Gasteiger partial charge in [-0.05, 0) is 24.7 Å². The van der Waals surface area contributed by atoms with E-state index in [1.54, 1.807) is 0 Å². The lowest BCUT2D eigenvalue weighted by Crippen LogP contribution is -2.51. The molecule has 0 amide bonds. The zero-order valence-electron chi connectivity index (χ0n) is 15.2. The highest BCUT2D eigenvalue weighted by molar-refractivity contribution is 5.79. The van der Waals surface area contributed by atoms with E-state index in [1.807, 2.05) is 7.05 Å². The minimum Gasteiger partial charge on any atom is -0.379 e. The lowest BCUT2D eigenvalue weighted by atomic mass is 10.0. The molecule has 1 saturated heterocycles. The van der Waals surface area contributed by atoms with Gasteiger partial charge in [-0.15, -0.1) is 0 Å². The maximum Gasteiger partial charge on any atom is 0.191 e. The van der Waals surface area contributed by atoms with E-state index in [1.165, 1.54) is 12.8 Å². The van der Waals surface area contributed by atoms with Crippen LogP contribution in [0.15, 0.2) is 4.99 Å². The number of hydrogen-bond acceptors (Lipinski definition) is 3. The summed E-state index contributed by atoms with van der Waals surface area (Å²) in [4.78, 5) is 6.89. The lowest BCUT2D eigenvalue weighted by Gasteiger charge is -2.35. The van der Waals surface area contributed by atoms with Crippen molar-refractivity contribution in [1.29, 1.82) is 0 Å². The number of rotatable bonds is 8. The van der Waals surface area contributed by atoms with Crippen molar-refractivity contribution in [2.24, 2.45) is 16.8 Å². The quantitative estimate of drug-likeness (QED) is 0.531. The largest absolute Gasteiger partial charge is 0.379 e. The van der Waals surface area contributed by atoms with Crippen molar-refractivity contribution >= 4 is 5.96 Å². The Hall–Kier alpha value is -0.810. The van der Waals surface area contributed by atoms with Crippen molar-refractivity contribution in [3.8, 4) is 0 Å². The monoisotopic (exact) mass is 312 g/mol. The van der Waals surface area contributed by atoms with Gasteiger partial charge in [-0.25, -0.2) is 0 Å². The Morgan fingerprint density at radius 1 is 1.09 bits per heavy atom. The Bertz CT molecular complexity index is 312. The fraction of sp³-hybridized carbons (Fsp3) is 0.941. The first-order valence-corrected chi connectivity index (χ1v) is 8.79. The van der Waals surface area contributed by atoms with Gasteiger partial charge in [0.05, 0.1) is 13.2 Å². The Labute approximate surface area is 136 Å². The number of guanidine groups is 1. The summed E-state index contributed by atoms with van der Waals surface area (Å²) in [7, 11) is 1.84. The van der Waals surface area contributed by atoms with Crippen molar-refractivity contribution in [3.63, 3.8) is 0 Å². The summed E-state index contributed by atoms with van der Waals surface area (Å²) < 4.78 is 5.48. The average Bonchev–Trinajstić information content (AvgIpc) is 2.49. The van der Waals surface area contributed by atoms with Crippen LogP contribution < -0.4 is 10.6 Å². The summed E-state index contributed by atoms with van der Waals surface area (Å²) >= 11 is 0. The molecule has 0 spiro atoms. The van der Waals surface area contributed by atoms with Crippen molar-refractivity contribution in [2.45, 2.75) is 46.6 Å². The zero-order valence-corrected chi connectivity index (χ0v) is 15.2. The Balaban J connectivity index is 2.42. The van der Waals surface area contributed by atoms with Crippen LogP contribution in [0.2, 0.25) is 0 Å². The van der Waals surface area contributed by atoms with Gasteiger partial charge >= 0.3 is 0 Å². The topological polar surface area (TPSA) is 48.9 Å². The predicted molar refractivity (Wildman–Crippen MR) is 94.5 cm³/mol. The summed E-state index contributed by atoms with van der Waals surface area (Å²) in [5.74, 6) is 2.33. The van der Waals surface area contributed by atoms with E-state index in [9.17, 15) is 0 Å². The van der Waals surface area contributed by atoms with Crippen LogP contribution in [0, 0.1) is 11.8 Å². The number of nitrogens with one attached hydrogen (secondary N) is 2. The molecule has 0 saturated carbocycles. The van der Waals surface area contributed by atoms with Gasteiger partial charge in [-0.3, -0.25) is 9.89 Å². The van der Waals surface area contributed by atoms with Crippen molar-refractivity contribution in [2.75, 3.05) is 46.4 Å². The molecule has 1 unspecified atom stereocenters. The Kier molecular flexibility index (Phi) is 9.48. The summed E-state index contributed by atoms with van der Waals surface area (Å²) in [5.41, 5.74) is 0.